The van der Waals surface area contributed by atoms with Gasteiger partial charge in [-0.3, -0.25) is 4.79 Å². The minimum atomic E-state index is -0.233. The Hall–Kier alpha value is -1.30. The summed E-state index contributed by atoms with van der Waals surface area (Å²) in [6, 6.07) is 7.70. The van der Waals surface area contributed by atoms with E-state index >= 15 is 0 Å². The summed E-state index contributed by atoms with van der Waals surface area (Å²) in [6.07, 6.45) is 0.862. The van der Waals surface area contributed by atoms with Crippen molar-refractivity contribution in [2.24, 2.45) is 5.73 Å². The predicted molar refractivity (Wildman–Crippen MR) is 85.9 cm³/mol. The third-order valence-electron chi connectivity index (χ3n) is 3.27. The van der Waals surface area contributed by atoms with Gasteiger partial charge >= 0.3 is 0 Å². The van der Waals surface area contributed by atoms with E-state index in [0.29, 0.717) is 6.54 Å². The highest BCUT2D eigenvalue weighted by atomic mass is 35.5. The second-order valence-corrected chi connectivity index (χ2v) is 4.60. The number of hydrogen-bond donors (Lipinski definition) is 2. The normalized spacial score (nSPS) is 13.0. The number of methoxy groups -OCH3 is 2. The SMILES string of the molecule is CCC(NC(=O)CC(CN)OC)c1ccc(OC)cc1.Cl. The van der Waals surface area contributed by atoms with Gasteiger partial charge in [-0.1, -0.05) is 19.1 Å². The van der Waals surface area contributed by atoms with Crippen molar-refractivity contribution in [2.45, 2.75) is 31.9 Å². The second kappa shape index (κ2) is 10.4. The maximum absolute atomic E-state index is 12.0. The number of nitrogens with one attached hydrogen (secondary N) is 1. The number of carbonyl (C=O) groups excluding carboxylic acids is 1. The lowest BCUT2D eigenvalue weighted by Gasteiger charge is -2.19. The molecule has 120 valence electrons. The smallest absolute Gasteiger partial charge is 0.223 e. The minimum Gasteiger partial charge on any atom is -0.497 e. The molecule has 0 aliphatic rings. The average molecular weight is 317 g/mol. The second-order valence-electron chi connectivity index (χ2n) is 4.60. The van der Waals surface area contributed by atoms with Crippen LogP contribution >= 0.6 is 12.4 Å². The van der Waals surface area contributed by atoms with Crippen molar-refractivity contribution >= 4 is 18.3 Å². The summed E-state index contributed by atoms with van der Waals surface area (Å²) in [6.45, 7) is 2.37. The molecule has 0 bridgehead atoms. The highest BCUT2D eigenvalue weighted by Gasteiger charge is 2.16. The standard InChI is InChI=1S/C15H24N2O3.ClH/c1-4-14(11-5-7-12(19-2)8-6-11)17-15(18)9-13(10-16)20-3;/h5-8,13-14H,4,9-10,16H2,1-3H3,(H,17,18);1H. The highest BCUT2D eigenvalue weighted by molar-refractivity contribution is 5.85. The Labute approximate surface area is 132 Å². The number of benzene rings is 1. The van der Waals surface area contributed by atoms with Crippen LogP contribution in [0.1, 0.15) is 31.4 Å². The van der Waals surface area contributed by atoms with Crippen molar-refractivity contribution in [3.63, 3.8) is 0 Å². The van der Waals surface area contributed by atoms with Crippen molar-refractivity contribution in [1.82, 2.24) is 5.32 Å². The Morgan fingerprint density at radius 3 is 2.33 bits per heavy atom. The van der Waals surface area contributed by atoms with E-state index in [1.807, 2.05) is 31.2 Å². The molecular weight excluding hydrogens is 292 g/mol. The Kier molecular flexibility index (Phi) is 9.78. The molecule has 3 N–H and O–H groups in total. The molecule has 1 aromatic carbocycles. The quantitative estimate of drug-likeness (QED) is 0.770. The first-order valence-corrected chi connectivity index (χ1v) is 6.80. The van der Waals surface area contributed by atoms with Crippen LogP contribution in [0.3, 0.4) is 0 Å². The van der Waals surface area contributed by atoms with Gasteiger partial charge in [0.05, 0.1) is 25.7 Å². The molecule has 0 spiro atoms. The molecule has 0 fully saturated rings. The molecule has 2 unspecified atom stereocenters. The Morgan fingerprint density at radius 1 is 1.29 bits per heavy atom. The summed E-state index contributed by atoms with van der Waals surface area (Å²) < 4.78 is 10.2. The van der Waals surface area contributed by atoms with Crippen LogP contribution in [0, 0.1) is 0 Å². The Morgan fingerprint density at radius 2 is 1.90 bits per heavy atom. The molecule has 6 heteroatoms. The lowest BCUT2D eigenvalue weighted by atomic mass is 10.0. The summed E-state index contributed by atoms with van der Waals surface area (Å²) in [7, 11) is 3.19. The van der Waals surface area contributed by atoms with Crippen LogP contribution in [0.15, 0.2) is 24.3 Å². The van der Waals surface area contributed by atoms with Gasteiger partial charge in [-0.25, -0.2) is 0 Å². The lowest BCUT2D eigenvalue weighted by Crippen LogP contribution is -2.34. The van der Waals surface area contributed by atoms with Crippen molar-refractivity contribution in [1.29, 1.82) is 0 Å². The van der Waals surface area contributed by atoms with Gasteiger partial charge < -0.3 is 20.5 Å². The molecular formula is C15H25ClN2O3. The van der Waals surface area contributed by atoms with E-state index in [-0.39, 0.29) is 36.9 Å². The van der Waals surface area contributed by atoms with E-state index < -0.39 is 0 Å². The minimum absolute atomic E-state index is 0. The van der Waals surface area contributed by atoms with Crippen LogP contribution in [-0.4, -0.2) is 32.8 Å². The summed E-state index contributed by atoms with van der Waals surface area (Å²) >= 11 is 0. The molecule has 2 atom stereocenters. The van der Waals surface area contributed by atoms with Gasteiger partial charge in [0.25, 0.3) is 0 Å². The Bertz CT molecular complexity index is 408. The average Bonchev–Trinajstić information content (AvgIpc) is 2.50. The first kappa shape index (κ1) is 19.7. The van der Waals surface area contributed by atoms with Gasteiger partial charge in [0, 0.05) is 13.7 Å². The number of carbonyl (C=O) groups is 1. The fourth-order valence-electron chi connectivity index (χ4n) is 1.98. The molecule has 1 rings (SSSR count). The van der Waals surface area contributed by atoms with Crippen molar-refractivity contribution < 1.29 is 14.3 Å². The molecule has 0 saturated heterocycles. The van der Waals surface area contributed by atoms with E-state index in [1.165, 1.54) is 0 Å². The number of hydrogen-bond acceptors (Lipinski definition) is 4. The number of halogens is 1. The van der Waals surface area contributed by atoms with Gasteiger partial charge in [-0.2, -0.15) is 0 Å². The number of rotatable bonds is 8. The molecule has 0 aliphatic heterocycles. The third-order valence-corrected chi connectivity index (χ3v) is 3.27. The van der Waals surface area contributed by atoms with Crippen LogP contribution < -0.4 is 15.8 Å². The topological polar surface area (TPSA) is 73.6 Å². The predicted octanol–water partition coefficient (Wildman–Crippen LogP) is 2.05. The number of amides is 1. The lowest BCUT2D eigenvalue weighted by molar-refractivity contribution is -0.124. The first-order chi connectivity index (χ1) is 9.64. The highest BCUT2D eigenvalue weighted by Crippen LogP contribution is 2.20. The number of ether oxygens (including phenoxy) is 2. The van der Waals surface area contributed by atoms with Gasteiger partial charge in [-0.15, -0.1) is 12.4 Å². The van der Waals surface area contributed by atoms with Crippen LogP contribution in [0.4, 0.5) is 0 Å². The summed E-state index contributed by atoms with van der Waals surface area (Å²) in [5, 5.41) is 3.00. The van der Waals surface area contributed by atoms with E-state index in [2.05, 4.69) is 5.32 Å². The molecule has 0 aliphatic carbocycles. The van der Waals surface area contributed by atoms with Crippen LogP contribution in [-0.2, 0) is 9.53 Å². The zero-order chi connectivity index (χ0) is 15.0. The van der Waals surface area contributed by atoms with Crippen molar-refractivity contribution in [3.05, 3.63) is 29.8 Å². The fraction of sp³-hybridized carbons (Fsp3) is 0.533. The van der Waals surface area contributed by atoms with Crippen molar-refractivity contribution in [3.8, 4) is 5.75 Å². The van der Waals surface area contributed by atoms with Gasteiger partial charge in [0.15, 0.2) is 0 Å². The summed E-state index contributed by atoms with van der Waals surface area (Å²) in [4.78, 5) is 12.0. The monoisotopic (exact) mass is 316 g/mol. The summed E-state index contributed by atoms with van der Waals surface area (Å²) in [5.41, 5.74) is 6.58. The molecule has 1 aromatic rings. The van der Waals surface area contributed by atoms with E-state index in [1.54, 1.807) is 14.2 Å². The zero-order valence-corrected chi connectivity index (χ0v) is 13.6. The molecule has 5 nitrogen and oxygen atoms in total. The van der Waals surface area contributed by atoms with Crippen molar-refractivity contribution in [2.75, 3.05) is 20.8 Å². The molecule has 0 heterocycles. The van der Waals surface area contributed by atoms with E-state index in [4.69, 9.17) is 15.2 Å². The van der Waals surface area contributed by atoms with Crippen LogP contribution in [0.5, 0.6) is 5.75 Å². The fourth-order valence-corrected chi connectivity index (χ4v) is 1.98. The van der Waals surface area contributed by atoms with Crippen LogP contribution in [0.2, 0.25) is 0 Å². The maximum Gasteiger partial charge on any atom is 0.223 e. The Balaban J connectivity index is 0.00000400. The molecule has 0 aromatic heterocycles. The number of nitrogens with two attached hydrogens (primary N) is 1. The van der Waals surface area contributed by atoms with Gasteiger partial charge in [-0.05, 0) is 24.1 Å². The van der Waals surface area contributed by atoms with Crippen LogP contribution in [0.25, 0.3) is 0 Å². The maximum atomic E-state index is 12.0. The summed E-state index contributed by atoms with van der Waals surface area (Å²) in [5.74, 6) is 0.752. The van der Waals surface area contributed by atoms with E-state index in [0.717, 1.165) is 17.7 Å². The molecule has 0 saturated carbocycles. The zero-order valence-electron chi connectivity index (χ0n) is 12.8. The molecule has 0 radical (unpaired) electrons. The third kappa shape index (κ3) is 6.33. The van der Waals surface area contributed by atoms with E-state index in [9.17, 15) is 4.79 Å². The first-order valence-electron chi connectivity index (χ1n) is 6.80. The van der Waals surface area contributed by atoms with Gasteiger partial charge in [0.2, 0.25) is 5.91 Å². The molecule has 21 heavy (non-hydrogen) atoms. The van der Waals surface area contributed by atoms with Gasteiger partial charge in [0.1, 0.15) is 5.75 Å². The molecule has 1 amide bonds. The largest absolute Gasteiger partial charge is 0.497 e.